The van der Waals surface area contributed by atoms with Crippen molar-refractivity contribution in [2.24, 2.45) is 5.92 Å². The first-order valence-corrected chi connectivity index (χ1v) is 6.60. The number of amides is 2. The maximum Gasteiger partial charge on any atom is 0.227 e. The summed E-state index contributed by atoms with van der Waals surface area (Å²) in [5.74, 6) is 0.897. The van der Waals surface area contributed by atoms with E-state index in [-0.39, 0.29) is 24.2 Å². The highest BCUT2D eigenvalue weighted by Gasteiger charge is 2.35. The van der Waals surface area contributed by atoms with Crippen LogP contribution in [-0.4, -0.2) is 38.6 Å². The largest absolute Gasteiger partial charge is 0.486 e. The summed E-state index contributed by atoms with van der Waals surface area (Å²) in [6, 6.07) is 5.40. The van der Waals surface area contributed by atoms with Crippen LogP contribution >= 0.6 is 0 Å². The molecule has 2 aliphatic rings. The molecule has 1 aromatic carbocycles. The van der Waals surface area contributed by atoms with E-state index in [1.807, 2.05) is 6.07 Å². The number of ether oxygens (including phenoxy) is 2. The van der Waals surface area contributed by atoms with Crippen LogP contribution < -0.4 is 19.7 Å². The minimum absolute atomic E-state index is 0.0460. The van der Waals surface area contributed by atoms with Crippen LogP contribution in [0.5, 0.6) is 11.5 Å². The number of nitrogens with one attached hydrogen (secondary N) is 1. The van der Waals surface area contributed by atoms with Gasteiger partial charge in [0.15, 0.2) is 11.5 Å². The molecular formula is C14H16N2O4. The quantitative estimate of drug-likeness (QED) is 0.857. The van der Waals surface area contributed by atoms with Crippen LogP contribution in [0.4, 0.5) is 5.69 Å². The van der Waals surface area contributed by atoms with Crippen LogP contribution in [0.15, 0.2) is 18.2 Å². The molecule has 1 unspecified atom stereocenters. The molecule has 1 fully saturated rings. The first kappa shape index (κ1) is 12.8. The minimum atomic E-state index is -0.291. The van der Waals surface area contributed by atoms with Gasteiger partial charge in [-0.25, -0.2) is 0 Å². The molecule has 0 spiro atoms. The Kier molecular flexibility index (Phi) is 3.22. The average molecular weight is 276 g/mol. The van der Waals surface area contributed by atoms with Crippen molar-refractivity contribution in [3.8, 4) is 11.5 Å². The van der Waals surface area contributed by atoms with Gasteiger partial charge in [0.05, 0.1) is 5.92 Å². The highest BCUT2D eigenvalue weighted by Crippen LogP contribution is 2.35. The van der Waals surface area contributed by atoms with Crippen LogP contribution in [0.3, 0.4) is 0 Å². The van der Waals surface area contributed by atoms with E-state index in [2.05, 4.69) is 5.32 Å². The second-order valence-corrected chi connectivity index (χ2v) is 4.85. The second-order valence-electron chi connectivity index (χ2n) is 4.85. The van der Waals surface area contributed by atoms with Crippen molar-refractivity contribution in [3.05, 3.63) is 18.2 Å². The molecule has 2 aliphatic heterocycles. The number of hydrogen-bond acceptors (Lipinski definition) is 4. The molecule has 0 radical (unpaired) electrons. The Hall–Kier alpha value is -2.24. The fourth-order valence-electron chi connectivity index (χ4n) is 2.54. The first-order valence-electron chi connectivity index (χ1n) is 6.60. The van der Waals surface area contributed by atoms with E-state index < -0.39 is 0 Å². The molecule has 0 bridgehead atoms. The third-order valence-electron chi connectivity index (χ3n) is 3.58. The highest BCUT2D eigenvalue weighted by atomic mass is 16.6. The van der Waals surface area contributed by atoms with E-state index in [4.69, 9.17) is 9.47 Å². The third kappa shape index (κ3) is 2.17. The zero-order chi connectivity index (χ0) is 14.1. The van der Waals surface area contributed by atoms with E-state index >= 15 is 0 Å². The number of anilines is 1. The number of hydrogen-bond donors (Lipinski definition) is 1. The highest BCUT2D eigenvalue weighted by molar-refractivity contribution is 6.00. The number of carbonyl (C=O) groups excluding carboxylic acids is 2. The van der Waals surface area contributed by atoms with Gasteiger partial charge >= 0.3 is 0 Å². The van der Waals surface area contributed by atoms with Crippen LogP contribution in [0, 0.1) is 5.92 Å². The molecule has 1 aromatic rings. The van der Waals surface area contributed by atoms with Crippen LogP contribution in [0.25, 0.3) is 0 Å². The summed E-state index contributed by atoms with van der Waals surface area (Å²) < 4.78 is 11.0. The second kappa shape index (κ2) is 5.03. The summed E-state index contributed by atoms with van der Waals surface area (Å²) in [5, 5.41) is 2.59. The summed E-state index contributed by atoms with van der Waals surface area (Å²) in [6.45, 7) is 1.44. The van der Waals surface area contributed by atoms with Crippen molar-refractivity contribution in [2.45, 2.75) is 6.42 Å². The Labute approximate surface area is 116 Å². The zero-order valence-corrected chi connectivity index (χ0v) is 11.2. The average Bonchev–Trinajstić information content (AvgIpc) is 2.88. The zero-order valence-electron chi connectivity index (χ0n) is 11.2. The molecule has 3 rings (SSSR count). The van der Waals surface area contributed by atoms with Gasteiger partial charge in [0.2, 0.25) is 11.8 Å². The van der Waals surface area contributed by atoms with E-state index in [1.165, 1.54) is 0 Å². The fourth-order valence-corrected chi connectivity index (χ4v) is 2.54. The summed E-state index contributed by atoms with van der Waals surface area (Å²) >= 11 is 0. The number of benzene rings is 1. The topological polar surface area (TPSA) is 67.9 Å². The third-order valence-corrected chi connectivity index (χ3v) is 3.58. The van der Waals surface area contributed by atoms with Crippen molar-refractivity contribution in [3.63, 3.8) is 0 Å². The van der Waals surface area contributed by atoms with E-state index in [0.29, 0.717) is 31.3 Å². The van der Waals surface area contributed by atoms with E-state index in [1.54, 1.807) is 24.1 Å². The number of carbonyl (C=O) groups is 2. The molecule has 106 valence electrons. The predicted octanol–water partition coefficient (Wildman–Crippen LogP) is 0.557. The number of fused-ring (bicyclic) bond motifs is 1. The summed E-state index contributed by atoms with van der Waals surface area (Å²) in [5.41, 5.74) is 0.741. The first-order chi connectivity index (χ1) is 9.69. The molecule has 2 heterocycles. The smallest absolute Gasteiger partial charge is 0.227 e. The molecule has 1 atom stereocenters. The van der Waals surface area contributed by atoms with Crippen LogP contribution in [0.2, 0.25) is 0 Å². The summed E-state index contributed by atoms with van der Waals surface area (Å²) in [6.07, 6.45) is 0.244. The molecule has 0 saturated carbocycles. The van der Waals surface area contributed by atoms with Gasteiger partial charge in [0, 0.05) is 31.8 Å². The Morgan fingerprint density at radius 2 is 2.05 bits per heavy atom. The van der Waals surface area contributed by atoms with Gasteiger partial charge in [-0.05, 0) is 12.1 Å². The summed E-state index contributed by atoms with van der Waals surface area (Å²) in [4.78, 5) is 25.3. The Morgan fingerprint density at radius 3 is 2.80 bits per heavy atom. The van der Waals surface area contributed by atoms with Gasteiger partial charge in [0.1, 0.15) is 13.2 Å². The minimum Gasteiger partial charge on any atom is -0.486 e. The van der Waals surface area contributed by atoms with E-state index in [0.717, 1.165) is 5.69 Å². The molecule has 1 saturated heterocycles. The maximum absolute atomic E-state index is 12.0. The lowest BCUT2D eigenvalue weighted by atomic mass is 10.1. The molecule has 1 N–H and O–H groups in total. The Balaban J connectivity index is 1.82. The SMILES string of the molecule is CNC(=O)C1CC(=O)N(c2ccc3c(c2)OCCO3)C1. The maximum atomic E-state index is 12.0. The lowest BCUT2D eigenvalue weighted by Crippen LogP contribution is -2.30. The molecule has 0 aliphatic carbocycles. The molecular weight excluding hydrogens is 260 g/mol. The van der Waals surface area contributed by atoms with E-state index in [9.17, 15) is 9.59 Å². The molecule has 6 nitrogen and oxygen atoms in total. The Bertz CT molecular complexity index is 558. The summed E-state index contributed by atoms with van der Waals surface area (Å²) in [7, 11) is 1.58. The van der Waals surface area contributed by atoms with Crippen molar-refractivity contribution >= 4 is 17.5 Å². The predicted molar refractivity (Wildman–Crippen MR) is 72.0 cm³/mol. The van der Waals surface area contributed by atoms with Gasteiger partial charge < -0.3 is 19.7 Å². The van der Waals surface area contributed by atoms with Crippen molar-refractivity contribution in [1.29, 1.82) is 0 Å². The normalized spacial score (nSPS) is 20.9. The lowest BCUT2D eigenvalue weighted by Gasteiger charge is -2.22. The number of rotatable bonds is 2. The van der Waals surface area contributed by atoms with Gasteiger partial charge in [-0.2, -0.15) is 0 Å². The Morgan fingerprint density at radius 1 is 1.30 bits per heavy atom. The van der Waals surface area contributed by atoms with Gasteiger partial charge in [-0.1, -0.05) is 0 Å². The molecule has 6 heteroatoms. The van der Waals surface area contributed by atoms with Crippen molar-refractivity contribution in [2.75, 3.05) is 31.7 Å². The van der Waals surface area contributed by atoms with Crippen molar-refractivity contribution < 1.29 is 19.1 Å². The van der Waals surface area contributed by atoms with Crippen LogP contribution in [-0.2, 0) is 9.59 Å². The van der Waals surface area contributed by atoms with Gasteiger partial charge in [0.25, 0.3) is 0 Å². The molecule has 2 amide bonds. The van der Waals surface area contributed by atoms with Gasteiger partial charge in [-0.3, -0.25) is 9.59 Å². The van der Waals surface area contributed by atoms with Crippen LogP contribution in [0.1, 0.15) is 6.42 Å². The molecule has 20 heavy (non-hydrogen) atoms. The molecule has 0 aromatic heterocycles. The standard InChI is InChI=1S/C14H16N2O4/c1-15-14(18)9-6-13(17)16(8-9)10-2-3-11-12(7-10)20-5-4-19-11/h2-3,7,9H,4-6,8H2,1H3,(H,15,18). The van der Waals surface area contributed by atoms with Crippen molar-refractivity contribution in [1.82, 2.24) is 5.32 Å². The number of nitrogens with zero attached hydrogens (tertiary/aromatic N) is 1. The lowest BCUT2D eigenvalue weighted by molar-refractivity contribution is -0.125. The fraction of sp³-hybridized carbons (Fsp3) is 0.429. The van der Waals surface area contributed by atoms with Gasteiger partial charge in [-0.15, -0.1) is 0 Å². The monoisotopic (exact) mass is 276 g/mol.